The van der Waals surface area contributed by atoms with Gasteiger partial charge in [-0.15, -0.1) is 0 Å². The first-order valence-corrected chi connectivity index (χ1v) is 7.53. The third kappa shape index (κ3) is 2.75. The fourth-order valence-corrected chi connectivity index (χ4v) is 3.04. The van der Waals surface area contributed by atoms with Crippen LogP contribution in [0.4, 0.5) is 0 Å². The SMILES string of the molecule is CNC(Cc1ccncc1)c1ccccc1C1CCC1. The second-order valence-corrected chi connectivity index (χ2v) is 5.66. The number of hydrogen-bond donors (Lipinski definition) is 1. The number of aromatic nitrogens is 1. The summed E-state index contributed by atoms with van der Waals surface area (Å²) < 4.78 is 0. The Bertz CT molecular complexity index is 546. The quantitative estimate of drug-likeness (QED) is 0.889. The summed E-state index contributed by atoms with van der Waals surface area (Å²) in [4.78, 5) is 4.10. The van der Waals surface area contributed by atoms with E-state index in [2.05, 4.69) is 53.7 Å². The maximum absolute atomic E-state index is 4.10. The molecule has 1 aliphatic rings. The second-order valence-electron chi connectivity index (χ2n) is 5.66. The Morgan fingerprint density at radius 2 is 1.90 bits per heavy atom. The lowest BCUT2D eigenvalue weighted by atomic mass is 9.76. The van der Waals surface area contributed by atoms with E-state index in [0.29, 0.717) is 6.04 Å². The average molecular weight is 266 g/mol. The van der Waals surface area contributed by atoms with E-state index in [9.17, 15) is 0 Å². The lowest BCUT2D eigenvalue weighted by Crippen LogP contribution is -2.22. The highest BCUT2D eigenvalue weighted by atomic mass is 14.9. The lowest BCUT2D eigenvalue weighted by molar-refractivity contribution is 0.412. The molecule has 104 valence electrons. The van der Waals surface area contributed by atoms with Crippen LogP contribution in [0, 0.1) is 0 Å². The van der Waals surface area contributed by atoms with Crippen LogP contribution >= 0.6 is 0 Å². The summed E-state index contributed by atoms with van der Waals surface area (Å²) in [6.07, 6.45) is 8.85. The van der Waals surface area contributed by atoms with Gasteiger partial charge in [0.05, 0.1) is 0 Å². The maximum Gasteiger partial charge on any atom is 0.0361 e. The van der Waals surface area contributed by atoms with Gasteiger partial charge in [0.15, 0.2) is 0 Å². The molecule has 1 atom stereocenters. The predicted octanol–water partition coefficient (Wildman–Crippen LogP) is 3.85. The van der Waals surface area contributed by atoms with Crippen LogP contribution in [0.1, 0.15) is 47.9 Å². The van der Waals surface area contributed by atoms with Gasteiger partial charge in [-0.25, -0.2) is 0 Å². The smallest absolute Gasteiger partial charge is 0.0361 e. The van der Waals surface area contributed by atoms with Crippen LogP contribution in [0.3, 0.4) is 0 Å². The minimum absolute atomic E-state index is 0.384. The molecule has 1 N–H and O–H groups in total. The first-order valence-electron chi connectivity index (χ1n) is 7.53. The normalized spacial score (nSPS) is 16.6. The molecule has 1 aromatic carbocycles. The number of hydrogen-bond acceptors (Lipinski definition) is 2. The Balaban J connectivity index is 1.85. The average Bonchev–Trinajstić information content (AvgIpc) is 2.45. The van der Waals surface area contributed by atoms with Crippen molar-refractivity contribution in [3.8, 4) is 0 Å². The molecule has 0 aliphatic heterocycles. The third-order valence-electron chi connectivity index (χ3n) is 4.45. The Labute approximate surface area is 121 Å². The van der Waals surface area contributed by atoms with Crippen LogP contribution in [-0.4, -0.2) is 12.0 Å². The molecule has 1 aromatic heterocycles. The zero-order chi connectivity index (χ0) is 13.8. The van der Waals surface area contributed by atoms with Crippen molar-refractivity contribution in [2.75, 3.05) is 7.05 Å². The summed E-state index contributed by atoms with van der Waals surface area (Å²) in [6.45, 7) is 0. The first-order chi connectivity index (χ1) is 9.88. The van der Waals surface area contributed by atoms with Gasteiger partial charge in [0, 0.05) is 18.4 Å². The van der Waals surface area contributed by atoms with Crippen LogP contribution in [0.25, 0.3) is 0 Å². The van der Waals surface area contributed by atoms with E-state index in [0.717, 1.165) is 12.3 Å². The molecule has 2 heteroatoms. The maximum atomic E-state index is 4.10. The fraction of sp³-hybridized carbons (Fsp3) is 0.389. The van der Waals surface area contributed by atoms with Gasteiger partial charge in [-0.1, -0.05) is 30.7 Å². The molecule has 2 aromatic rings. The van der Waals surface area contributed by atoms with Gasteiger partial charge in [0.1, 0.15) is 0 Å². The lowest BCUT2D eigenvalue weighted by Gasteiger charge is -2.30. The topological polar surface area (TPSA) is 24.9 Å². The zero-order valence-electron chi connectivity index (χ0n) is 12.0. The summed E-state index contributed by atoms with van der Waals surface area (Å²) in [5, 5.41) is 3.49. The number of nitrogens with zero attached hydrogens (tertiary/aromatic N) is 1. The van der Waals surface area contributed by atoms with Gasteiger partial charge in [-0.3, -0.25) is 4.98 Å². The van der Waals surface area contributed by atoms with Crippen LogP contribution in [0.15, 0.2) is 48.8 Å². The Morgan fingerprint density at radius 1 is 1.15 bits per heavy atom. The molecule has 1 heterocycles. The monoisotopic (exact) mass is 266 g/mol. The van der Waals surface area contributed by atoms with Gasteiger partial charge in [0.25, 0.3) is 0 Å². The van der Waals surface area contributed by atoms with Crippen LogP contribution < -0.4 is 5.32 Å². The van der Waals surface area contributed by atoms with Crippen molar-refractivity contribution < 1.29 is 0 Å². The summed E-state index contributed by atoms with van der Waals surface area (Å²) in [5.41, 5.74) is 4.35. The number of nitrogens with one attached hydrogen (secondary N) is 1. The van der Waals surface area contributed by atoms with E-state index < -0.39 is 0 Å². The highest BCUT2D eigenvalue weighted by molar-refractivity contribution is 5.35. The minimum Gasteiger partial charge on any atom is -0.313 e. The highest BCUT2D eigenvalue weighted by Gasteiger charge is 2.24. The van der Waals surface area contributed by atoms with Crippen LogP contribution in [0.2, 0.25) is 0 Å². The Hall–Kier alpha value is -1.67. The number of benzene rings is 1. The summed E-state index contributed by atoms with van der Waals surface area (Å²) in [5.74, 6) is 0.777. The molecule has 2 nitrogen and oxygen atoms in total. The highest BCUT2D eigenvalue weighted by Crippen LogP contribution is 2.39. The standard InChI is InChI=1S/C18H22N2/c1-19-18(13-14-9-11-20-12-10-14)17-8-3-2-7-16(17)15-5-4-6-15/h2-3,7-12,15,18-19H,4-6,13H2,1H3. The molecule has 1 unspecified atom stereocenters. The Kier molecular flexibility index (Phi) is 4.12. The van der Waals surface area contributed by atoms with Gasteiger partial charge in [-0.05, 0) is 61.1 Å². The van der Waals surface area contributed by atoms with E-state index >= 15 is 0 Å². The molecular weight excluding hydrogens is 244 g/mol. The fourth-order valence-electron chi connectivity index (χ4n) is 3.04. The molecule has 0 bridgehead atoms. The molecule has 1 saturated carbocycles. The molecule has 1 fully saturated rings. The van der Waals surface area contributed by atoms with Gasteiger partial charge < -0.3 is 5.32 Å². The van der Waals surface area contributed by atoms with Gasteiger partial charge >= 0.3 is 0 Å². The summed E-state index contributed by atoms with van der Waals surface area (Å²) in [7, 11) is 2.06. The molecule has 0 saturated heterocycles. The van der Waals surface area contributed by atoms with E-state index in [1.165, 1.54) is 30.4 Å². The third-order valence-corrected chi connectivity index (χ3v) is 4.45. The van der Waals surface area contributed by atoms with Crippen molar-refractivity contribution in [2.24, 2.45) is 0 Å². The van der Waals surface area contributed by atoms with E-state index in [-0.39, 0.29) is 0 Å². The van der Waals surface area contributed by atoms with E-state index in [1.54, 1.807) is 5.56 Å². The second kappa shape index (κ2) is 6.19. The molecular formula is C18H22N2. The van der Waals surface area contributed by atoms with Crippen LogP contribution in [-0.2, 0) is 6.42 Å². The first kappa shape index (κ1) is 13.3. The van der Waals surface area contributed by atoms with Crippen molar-refractivity contribution in [3.63, 3.8) is 0 Å². The zero-order valence-corrected chi connectivity index (χ0v) is 12.0. The summed E-state index contributed by atoms with van der Waals surface area (Å²) >= 11 is 0. The van der Waals surface area contributed by atoms with Gasteiger partial charge in [0.2, 0.25) is 0 Å². The number of pyridine rings is 1. The van der Waals surface area contributed by atoms with Gasteiger partial charge in [-0.2, -0.15) is 0 Å². The van der Waals surface area contributed by atoms with Crippen molar-refractivity contribution >= 4 is 0 Å². The molecule has 3 rings (SSSR count). The number of likely N-dealkylation sites (N-methyl/N-ethyl adjacent to an activating group) is 1. The molecule has 20 heavy (non-hydrogen) atoms. The minimum atomic E-state index is 0.384. The van der Waals surface area contributed by atoms with Crippen molar-refractivity contribution in [1.29, 1.82) is 0 Å². The largest absolute Gasteiger partial charge is 0.313 e. The molecule has 0 radical (unpaired) electrons. The van der Waals surface area contributed by atoms with Crippen LogP contribution in [0.5, 0.6) is 0 Å². The molecule has 0 spiro atoms. The van der Waals surface area contributed by atoms with Crippen molar-refractivity contribution in [3.05, 3.63) is 65.5 Å². The number of rotatable bonds is 5. The molecule has 1 aliphatic carbocycles. The van der Waals surface area contributed by atoms with E-state index in [1.807, 2.05) is 12.4 Å². The van der Waals surface area contributed by atoms with E-state index in [4.69, 9.17) is 0 Å². The van der Waals surface area contributed by atoms with Crippen molar-refractivity contribution in [1.82, 2.24) is 10.3 Å². The Morgan fingerprint density at radius 3 is 2.55 bits per heavy atom. The molecule has 0 amide bonds. The summed E-state index contributed by atoms with van der Waals surface area (Å²) in [6, 6.07) is 13.5. The predicted molar refractivity (Wildman–Crippen MR) is 82.8 cm³/mol. The van der Waals surface area contributed by atoms with Crippen molar-refractivity contribution in [2.45, 2.75) is 37.6 Å².